The van der Waals surface area contributed by atoms with Crippen LogP contribution >= 0.6 is 0 Å². The van der Waals surface area contributed by atoms with Gasteiger partial charge >= 0.3 is 5.97 Å². The number of carboxylic acid groups (broad SMARTS) is 1. The second kappa shape index (κ2) is 3.05. The van der Waals surface area contributed by atoms with Gasteiger partial charge in [0.25, 0.3) is 0 Å². The molecule has 0 aromatic heterocycles. The second-order valence-electron chi connectivity index (χ2n) is 4.65. The van der Waals surface area contributed by atoms with E-state index in [1.54, 1.807) is 13.8 Å². The Balaban J connectivity index is 3.14. The molecule has 0 radical (unpaired) electrons. The maximum Gasteiger partial charge on any atom is 0.364 e. The van der Waals surface area contributed by atoms with Crippen LogP contribution in [0.1, 0.15) is 34.1 Å². The third-order valence-electron chi connectivity index (χ3n) is 2.31. The highest BCUT2D eigenvalue weighted by Gasteiger charge is 2.44. The summed E-state index contributed by atoms with van der Waals surface area (Å²) in [5.41, 5.74) is -1.09. The number of hydrogen-bond donors (Lipinski definition) is 1. The molecule has 3 nitrogen and oxygen atoms in total. The summed E-state index contributed by atoms with van der Waals surface area (Å²) in [5.74, 6) is -2.60. The summed E-state index contributed by atoms with van der Waals surface area (Å²) in [6.45, 7) is 6.99. The topological polar surface area (TPSA) is 46.5 Å². The van der Waals surface area contributed by atoms with Crippen LogP contribution in [0.4, 0.5) is 4.39 Å². The van der Waals surface area contributed by atoms with E-state index in [1.807, 2.05) is 13.8 Å². The molecule has 1 N–H and O–H groups in total. The fourth-order valence-electron chi connectivity index (χ4n) is 1.90. The molecule has 0 aromatic carbocycles. The van der Waals surface area contributed by atoms with Gasteiger partial charge in [-0.3, -0.25) is 0 Å². The van der Waals surface area contributed by atoms with Crippen molar-refractivity contribution in [3.63, 3.8) is 0 Å². The number of aliphatic carboxylic acids is 1. The van der Waals surface area contributed by atoms with Crippen LogP contribution in [0, 0.1) is 0 Å². The molecule has 1 heterocycles. The van der Waals surface area contributed by atoms with Crippen LogP contribution in [-0.2, 0) is 9.53 Å². The van der Waals surface area contributed by atoms with Crippen molar-refractivity contribution in [1.82, 2.24) is 0 Å². The average Bonchev–Trinajstić information content (AvgIpc) is 2.17. The molecule has 14 heavy (non-hydrogen) atoms. The van der Waals surface area contributed by atoms with Crippen LogP contribution in [0.2, 0.25) is 0 Å². The fraction of sp³-hybridized carbons (Fsp3) is 0.700. The van der Waals surface area contributed by atoms with Crippen molar-refractivity contribution in [3.05, 3.63) is 11.4 Å². The van der Waals surface area contributed by atoms with Crippen molar-refractivity contribution < 1.29 is 19.0 Å². The van der Waals surface area contributed by atoms with Gasteiger partial charge in [0.15, 0.2) is 0 Å². The SMILES string of the molecule is CC1(C)CC(=C(F)C(=O)O)C(C)(C)O1. The molecule has 4 heteroatoms. The van der Waals surface area contributed by atoms with E-state index in [9.17, 15) is 9.18 Å². The third kappa shape index (κ3) is 1.95. The van der Waals surface area contributed by atoms with Gasteiger partial charge in [-0.05, 0) is 27.7 Å². The van der Waals surface area contributed by atoms with Gasteiger partial charge in [-0.1, -0.05) is 0 Å². The molecule has 0 aliphatic carbocycles. The van der Waals surface area contributed by atoms with Crippen LogP contribution in [0.3, 0.4) is 0 Å². The minimum absolute atomic E-state index is 0.231. The first-order chi connectivity index (χ1) is 6.16. The lowest BCUT2D eigenvalue weighted by molar-refractivity contribution is -0.134. The van der Waals surface area contributed by atoms with E-state index in [1.165, 1.54) is 0 Å². The molecule has 0 bridgehead atoms. The molecule has 0 saturated carbocycles. The average molecular weight is 202 g/mol. The molecule has 0 spiro atoms. The fourth-order valence-corrected chi connectivity index (χ4v) is 1.90. The predicted octanol–water partition coefficient (Wildman–Crippen LogP) is 2.27. The lowest BCUT2D eigenvalue weighted by atomic mass is 9.93. The molecule has 1 rings (SSSR count). The molecule has 1 aliphatic rings. The monoisotopic (exact) mass is 202 g/mol. The van der Waals surface area contributed by atoms with Gasteiger partial charge in [-0.2, -0.15) is 4.39 Å². The van der Waals surface area contributed by atoms with Crippen LogP contribution in [-0.4, -0.2) is 22.3 Å². The maximum absolute atomic E-state index is 13.3. The van der Waals surface area contributed by atoms with Gasteiger partial charge in [-0.25, -0.2) is 4.79 Å². The summed E-state index contributed by atoms with van der Waals surface area (Å²) in [4.78, 5) is 10.5. The van der Waals surface area contributed by atoms with Gasteiger partial charge in [0.05, 0.1) is 11.2 Å². The Hall–Kier alpha value is -0.900. The summed E-state index contributed by atoms with van der Waals surface area (Å²) >= 11 is 0. The van der Waals surface area contributed by atoms with Crippen LogP contribution < -0.4 is 0 Å². The van der Waals surface area contributed by atoms with Crippen molar-refractivity contribution in [2.24, 2.45) is 0 Å². The summed E-state index contributed by atoms with van der Waals surface area (Å²) < 4.78 is 18.8. The molecular formula is C10H15FO3. The van der Waals surface area contributed by atoms with Crippen molar-refractivity contribution in [1.29, 1.82) is 0 Å². The van der Waals surface area contributed by atoms with Crippen LogP contribution in [0.15, 0.2) is 11.4 Å². The molecule has 80 valence electrons. The van der Waals surface area contributed by atoms with Crippen molar-refractivity contribution >= 4 is 5.97 Å². The molecular weight excluding hydrogens is 187 g/mol. The maximum atomic E-state index is 13.3. The molecule has 0 atom stereocenters. The van der Waals surface area contributed by atoms with Gasteiger partial charge in [-0.15, -0.1) is 0 Å². The second-order valence-corrected chi connectivity index (χ2v) is 4.65. The number of halogens is 1. The van der Waals surface area contributed by atoms with E-state index in [0.717, 1.165) is 0 Å². The third-order valence-corrected chi connectivity index (χ3v) is 2.31. The minimum Gasteiger partial charge on any atom is -0.476 e. The number of carbonyl (C=O) groups is 1. The Kier molecular flexibility index (Phi) is 2.44. The van der Waals surface area contributed by atoms with Gasteiger partial charge < -0.3 is 9.84 Å². The first kappa shape index (κ1) is 11.2. The van der Waals surface area contributed by atoms with E-state index in [0.29, 0.717) is 6.42 Å². The Labute approximate surface area is 82.6 Å². The molecule has 0 amide bonds. The largest absolute Gasteiger partial charge is 0.476 e. The van der Waals surface area contributed by atoms with E-state index in [2.05, 4.69) is 0 Å². The highest BCUT2D eigenvalue weighted by atomic mass is 19.1. The Morgan fingerprint density at radius 1 is 1.43 bits per heavy atom. The normalized spacial score (nSPS) is 27.5. The van der Waals surface area contributed by atoms with Gasteiger partial charge in [0, 0.05) is 12.0 Å². The summed E-state index contributed by atoms with van der Waals surface area (Å²) in [7, 11) is 0. The number of hydrogen-bond acceptors (Lipinski definition) is 2. The van der Waals surface area contributed by atoms with Crippen LogP contribution in [0.5, 0.6) is 0 Å². The zero-order valence-electron chi connectivity index (χ0n) is 8.85. The van der Waals surface area contributed by atoms with E-state index in [-0.39, 0.29) is 5.57 Å². The van der Waals surface area contributed by atoms with E-state index < -0.39 is 23.0 Å². The lowest BCUT2D eigenvalue weighted by Crippen LogP contribution is -2.26. The van der Waals surface area contributed by atoms with Crippen molar-refractivity contribution in [2.45, 2.75) is 45.3 Å². The van der Waals surface area contributed by atoms with E-state index >= 15 is 0 Å². The number of ether oxygens (including phenoxy) is 1. The first-order valence-corrected chi connectivity index (χ1v) is 4.48. The van der Waals surface area contributed by atoms with Gasteiger partial charge in [0.2, 0.25) is 5.83 Å². The Bertz CT molecular complexity index is 302. The Morgan fingerprint density at radius 2 is 1.93 bits per heavy atom. The van der Waals surface area contributed by atoms with Crippen LogP contribution in [0.25, 0.3) is 0 Å². The zero-order valence-corrected chi connectivity index (χ0v) is 8.85. The number of rotatable bonds is 1. The highest BCUT2D eigenvalue weighted by Crippen LogP contribution is 2.43. The number of carboxylic acids is 1. The molecule has 1 saturated heterocycles. The van der Waals surface area contributed by atoms with Crippen molar-refractivity contribution in [3.8, 4) is 0 Å². The van der Waals surface area contributed by atoms with Gasteiger partial charge in [0.1, 0.15) is 0 Å². The molecule has 1 aliphatic heterocycles. The molecule has 0 aromatic rings. The molecule has 0 unspecified atom stereocenters. The quantitative estimate of drug-likeness (QED) is 0.663. The minimum atomic E-state index is -1.52. The smallest absolute Gasteiger partial charge is 0.364 e. The summed E-state index contributed by atoms with van der Waals surface area (Å²) in [6.07, 6.45) is 0.318. The Morgan fingerprint density at radius 3 is 2.21 bits per heavy atom. The zero-order chi connectivity index (χ0) is 11.1. The lowest BCUT2D eigenvalue weighted by Gasteiger charge is -2.23. The standard InChI is InChI=1S/C10H15FO3/c1-9(2)5-6(7(11)8(12)13)10(3,4)14-9/h5H2,1-4H3,(H,12,13). The van der Waals surface area contributed by atoms with E-state index in [4.69, 9.17) is 9.84 Å². The van der Waals surface area contributed by atoms with Crippen molar-refractivity contribution in [2.75, 3.05) is 0 Å². The summed E-state index contributed by atoms with van der Waals surface area (Å²) in [5, 5.41) is 8.56. The highest BCUT2D eigenvalue weighted by molar-refractivity contribution is 5.85. The molecule has 1 fully saturated rings. The first-order valence-electron chi connectivity index (χ1n) is 4.48. The predicted molar refractivity (Wildman–Crippen MR) is 49.6 cm³/mol. The summed E-state index contributed by atoms with van der Waals surface area (Å²) in [6, 6.07) is 0.